The second kappa shape index (κ2) is 7.95. The maximum absolute atomic E-state index is 11.2. The molecule has 0 aromatic heterocycles. The van der Waals surface area contributed by atoms with E-state index in [-0.39, 0.29) is 12.6 Å². The number of hydrogen-bond donors (Lipinski definition) is 0. The summed E-state index contributed by atoms with van der Waals surface area (Å²) in [5.74, 6) is 0. The Hall–Kier alpha value is -0.0501. The van der Waals surface area contributed by atoms with Crippen LogP contribution in [0.15, 0.2) is 0 Å². The third-order valence-corrected chi connectivity index (χ3v) is 0.743. The minimum atomic E-state index is 0.284. The molecule has 0 saturated heterocycles. The summed E-state index contributed by atoms with van der Waals surface area (Å²) in [6.45, 7) is 0.675. The highest BCUT2D eigenvalue weighted by molar-refractivity contribution is 6.26. The molecule has 0 aliphatic rings. The first-order valence-corrected chi connectivity index (χ1v) is 2.83. The zero-order valence-electron chi connectivity index (χ0n) is 5.15. The van der Waals surface area contributed by atoms with Crippen molar-refractivity contribution >= 4 is 15.1 Å². The molecule has 0 amide bonds. The highest BCUT2D eigenvalue weighted by Gasteiger charge is 1.91. The van der Waals surface area contributed by atoms with Gasteiger partial charge in [0, 0.05) is 13.2 Å². The summed E-state index contributed by atoms with van der Waals surface area (Å²) < 4.78 is 27.2. The summed E-state index contributed by atoms with van der Waals surface area (Å²) in [7, 11) is 1.05. The molecule has 0 heterocycles. The van der Waals surface area contributed by atoms with Crippen molar-refractivity contribution in [2.45, 2.75) is 12.6 Å². The lowest BCUT2D eigenvalue weighted by Gasteiger charge is -1.96. The van der Waals surface area contributed by atoms with Crippen molar-refractivity contribution in [2.75, 3.05) is 13.2 Å². The molecule has 0 aromatic rings. The third-order valence-electron chi connectivity index (χ3n) is 0.743. The van der Waals surface area contributed by atoms with Gasteiger partial charge in [-0.2, -0.15) is 0 Å². The molecular weight excluding hydrogens is 124 g/mol. The molecule has 0 fully saturated rings. The van der Waals surface area contributed by atoms with Crippen LogP contribution in [0.4, 0.5) is 8.63 Å². The molecule has 50 valence electrons. The Kier molecular flexibility index (Phi) is 7.91. The van der Waals surface area contributed by atoms with E-state index in [1.54, 1.807) is 0 Å². The maximum Gasteiger partial charge on any atom is 0.356 e. The topological polar surface area (TPSA) is 9.23 Å². The molecular formula is C4H8B2F2O. The monoisotopic (exact) mass is 132 g/mol. The maximum atomic E-state index is 11.2. The van der Waals surface area contributed by atoms with E-state index in [0.717, 1.165) is 0 Å². The van der Waals surface area contributed by atoms with Gasteiger partial charge in [0.1, 0.15) is 0 Å². The normalized spacial score (nSPS) is 9.11. The number of halogens is 2. The van der Waals surface area contributed by atoms with Crippen molar-refractivity contribution in [3.8, 4) is 0 Å². The minimum Gasteiger partial charge on any atom is -0.383 e. The average molecular weight is 132 g/mol. The van der Waals surface area contributed by atoms with Gasteiger partial charge in [-0.3, -0.25) is 0 Å². The summed E-state index contributed by atoms with van der Waals surface area (Å²) in [5.41, 5.74) is 0. The van der Waals surface area contributed by atoms with Gasteiger partial charge < -0.3 is 13.4 Å². The van der Waals surface area contributed by atoms with Crippen LogP contribution in [0.1, 0.15) is 0 Å². The van der Waals surface area contributed by atoms with Crippen LogP contribution < -0.4 is 0 Å². The lowest BCUT2D eigenvalue weighted by molar-refractivity contribution is 0.160. The molecule has 1 nitrogen and oxygen atoms in total. The van der Waals surface area contributed by atoms with Gasteiger partial charge in [-0.15, -0.1) is 0 Å². The number of ether oxygens (including phenoxy) is 1. The van der Waals surface area contributed by atoms with E-state index in [4.69, 9.17) is 4.74 Å². The summed E-state index contributed by atoms with van der Waals surface area (Å²) in [5, 5.41) is 0. The van der Waals surface area contributed by atoms with Gasteiger partial charge in [-0.1, -0.05) is 0 Å². The van der Waals surface area contributed by atoms with Crippen molar-refractivity contribution in [1.82, 2.24) is 0 Å². The van der Waals surface area contributed by atoms with Crippen LogP contribution in [0.5, 0.6) is 0 Å². The molecule has 0 saturated carbocycles. The van der Waals surface area contributed by atoms with Crippen molar-refractivity contribution in [2.24, 2.45) is 0 Å². The van der Waals surface area contributed by atoms with Crippen LogP contribution in [-0.4, -0.2) is 28.3 Å². The fourth-order valence-electron chi connectivity index (χ4n) is 0.358. The Labute approximate surface area is 55.4 Å². The van der Waals surface area contributed by atoms with Gasteiger partial charge in [0.25, 0.3) is 0 Å². The third kappa shape index (κ3) is 7.95. The average Bonchev–Trinajstić information content (AvgIpc) is 1.89. The first kappa shape index (κ1) is 8.95. The van der Waals surface area contributed by atoms with Gasteiger partial charge >= 0.3 is 15.1 Å². The van der Waals surface area contributed by atoms with Crippen LogP contribution in [0.2, 0.25) is 12.6 Å². The number of hydrogen-bond acceptors (Lipinski definition) is 1. The Bertz CT molecular complexity index is 49.8. The van der Waals surface area contributed by atoms with E-state index in [0.29, 0.717) is 28.3 Å². The predicted octanol–water partition coefficient (Wildman–Crippen LogP) is 1.02. The molecule has 0 aliphatic heterocycles. The van der Waals surface area contributed by atoms with Gasteiger partial charge in [-0.05, 0) is 12.6 Å². The molecule has 0 aromatic carbocycles. The first-order chi connectivity index (χ1) is 4.41. The second-order valence-corrected chi connectivity index (χ2v) is 1.50. The molecule has 0 bridgehead atoms. The van der Waals surface area contributed by atoms with Crippen LogP contribution >= 0.6 is 0 Å². The summed E-state index contributed by atoms with van der Waals surface area (Å²) in [6, 6.07) is 0. The SMILES string of the molecule is F[B]CCOCC[B]F. The van der Waals surface area contributed by atoms with E-state index in [1.165, 1.54) is 0 Å². The van der Waals surface area contributed by atoms with E-state index in [1.807, 2.05) is 0 Å². The van der Waals surface area contributed by atoms with Crippen LogP contribution in [0.3, 0.4) is 0 Å². The second-order valence-electron chi connectivity index (χ2n) is 1.50. The lowest BCUT2D eigenvalue weighted by atomic mass is 10.00. The molecule has 2 radical (unpaired) electrons. The zero-order valence-corrected chi connectivity index (χ0v) is 5.15. The molecule has 5 heteroatoms. The smallest absolute Gasteiger partial charge is 0.356 e. The molecule has 0 atom stereocenters. The van der Waals surface area contributed by atoms with E-state index < -0.39 is 0 Å². The molecule has 0 spiro atoms. The van der Waals surface area contributed by atoms with Gasteiger partial charge in [-0.25, -0.2) is 0 Å². The molecule has 0 rings (SSSR count). The standard InChI is InChI=1S/C4H8B2F2O/c7-5-1-3-9-4-2-6-8/h1-4H2. The Balaban J connectivity index is 2.60. The quantitative estimate of drug-likeness (QED) is 0.387. The largest absolute Gasteiger partial charge is 0.383 e. The predicted molar refractivity (Wildman–Crippen MR) is 34.2 cm³/mol. The van der Waals surface area contributed by atoms with Crippen molar-refractivity contribution in [1.29, 1.82) is 0 Å². The number of rotatable bonds is 6. The fraction of sp³-hybridized carbons (Fsp3) is 1.00. The summed E-state index contributed by atoms with van der Waals surface area (Å²) in [4.78, 5) is 0. The Morgan fingerprint density at radius 1 is 1.00 bits per heavy atom. The van der Waals surface area contributed by atoms with Crippen molar-refractivity contribution < 1.29 is 13.4 Å². The van der Waals surface area contributed by atoms with Crippen LogP contribution in [-0.2, 0) is 4.74 Å². The van der Waals surface area contributed by atoms with Gasteiger partial charge in [0.05, 0.1) is 0 Å². The Morgan fingerprint density at radius 3 is 1.78 bits per heavy atom. The lowest BCUT2D eigenvalue weighted by Crippen LogP contribution is -1.98. The fourth-order valence-corrected chi connectivity index (χ4v) is 0.358. The minimum absolute atomic E-state index is 0.284. The van der Waals surface area contributed by atoms with E-state index in [2.05, 4.69) is 0 Å². The summed E-state index contributed by atoms with van der Waals surface area (Å²) >= 11 is 0. The highest BCUT2D eigenvalue weighted by atomic mass is 19.1. The van der Waals surface area contributed by atoms with E-state index in [9.17, 15) is 8.63 Å². The zero-order chi connectivity index (χ0) is 6.95. The van der Waals surface area contributed by atoms with Crippen LogP contribution in [0, 0.1) is 0 Å². The van der Waals surface area contributed by atoms with Gasteiger partial charge in [0.2, 0.25) is 0 Å². The van der Waals surface area contributed by atoms with Crippen molar-refractivity contribution in [3.05, 3.63) is 0 Å². The van der Waals surface area contributed by atoms with Crippen LogP contribution in [0.25, 0.3) is 0 Å². The molecule has 0 unspecified atom stereocenters. The van der Waals surface area contributed by atoms with Gasteiger partial charge in [0.15, 0.2) is 0 Å². The first-order valence-electron chi connectivity index (χ1n) is 2.83. The summed E-state index contributed by atoms with van der Waals surface area (Å²) in [6.07, 6.45) is 0.568. The Morgan fingerprint density at radius 2 is 1.44 bits per heavy atom. The highest BCUT2D eigenvalue weighted by Crippen LogP contribution is 1.86. The molecule has 0 N–H and O–H groups in total. The molecule has 0 aliphatic carbocycles. The van der Waals surface area contributed by atoms with Crippen molar-refractivity contribution in [3.63, 3.8) is 0 Å². The van der Waals surface area contributed by atoms with E-state index >= 15 is 0 Å². The molecule has 9 heavy (non-hydrogen) atoms.